The second-order valence-electron chi connectivity index (χ2n) is 3.97. The number of halogens is 1. The molecule has 0 unspecified atom stereocenters. The predicted octanol–water partition coefficient (Wildman–Crippen LogP) is 4.53. The van der Waals surface area contributed by atoms with Crippen molar-refractivity contribution in [3.63, 3.8) is 0 Å². The molecular formula is C14H14BrN. The summed E-state index contributed by atoms with van der Waals surface area (Å²) < 4.78 is 0. The topological polar surface area (TPSA) is 12.9 Å². The third-order valence-electron chi connectivity index (χ3n) is 2.98. The molecule has 0 atom stereocenters. The van der Waals surface area contributed by atoms with Crippen LogP contribution in [0.1, 0.15) is 22.5 Å². The number of aryl methyl sites for hydroxylation is 3. The second-order valence-corrected chi connectivity index (χ2v) is 4.50. The van der Waals surface area contributed by atoms with Gasteiger partial charge >= 0.3 is 0 Å². The normalized spacial score (nSPS) is 11.5. The van der Waals surface area contributed by atoms with Gasteiger partial charge in [0.2, 0.25) is 0 Å². The number of pyridine rings is 1. The van der Waals surface area contributed by atoms with Crippen LogP contribution in [-0.2, 0) is 0 Å². The molecule has 1 aromatic carbocycles. The van der Waals surface area contributed by atoms with Gasteiger partial charge in [-0.3, -0.25) is 4.98 Å². The molecule has 0 saturated carbocycles. The summed E-state index contributed by atoms with van der Waals surface area (Å²) in [6.07, 6.45) is 2.08. The summed E-state index contributed by atoms with van der Waals surface area (Å²) in [6.45, 7) is 6.27. The van der Waals surface area contributed by atoms with Crippen molar-refractivity contribution in [2.24, 2.45) is 0 Å². The van der Waals surface area contributed by atoms with Crippen LogP contribution in [0.15, 0.2) is 23.2 Å². The van der Waals surface area contributed by atoms with E-state index in [2.05, 4.69) is 66.0 Å². The molecule has 16 heavy (non-hydrogen) atoms. The number of hydrogen-bond acceptors (Lipinski definition) is 1. The number of benzene rings is 1. The Kier molecular flexibility index (Phi) is 3.10. The Balaban J connectivity index is 2.95. The molecule has 2 rings (SSSR count). The molecule has 82 valence electrons. The van der Waals surface area contributed by atoms with Crippen LogP contribution < -0.4 is 0 Å². The van der Waals surface area contributed by atoms with Crippen LogP contribution in [0.4, 0.5) is 0 Å². The molecule has 1 aromatic heterocycles. The fraction of sp³-hybridized carbons (Fsp3) is 0.214. The van der Waals surface area contributed by atoms with E-state index in [9.17, 15) is 0 Å². The minimum absolute atomic E-state index is 1.10. The number of aromatic nitrogens is 1. The van der Waals surface area contributed by atoms with Crippen molar-refractivity contribution in [3.8, 4) is 0 Å². The van der Waals surface area contributed by atoms with Crippen molar-refractivity contribution >= 4 is 32.8 Å². The number of nitrogens with zero attached hydrogens (tertiary/aromatic N) is 1. The van der Waals surface area contributed by atoms with Crippen LogP contribution in [0.5, 0.6) is 0 Å². The smallest absolute Gasteiger partial charge is 0.0454 e. The molecule has 1 nitrogen and oxygen atoms in total. The zero-order chi connectivity index (χ0) is 11.7. The lowest BCUT2D eigenvalue weighted by Gasteiger charge is -2.10. The Bertz CT molecular complexity index is 570. The van der Waals surface area contributed by atoms with Gasteiger partial charge in [-0.25, -0.2) is 0 Å². The molecule has 0 bridgehead atoms. The summed E-state index contributed by atoms with van der Waals surface area (Å²) in [6, 6.07) is 6.34. The van der Waals surface area contributed by atoms with Crippen molar-refractivity contribution in [1.82, 2.24) is 4.98 Å². The van der Waals surface area contributed by atoms with Crippen molar-refractivity contribution in [2.45, 2.75) is 20.8 Å². The summed E-state index contributed by atoms with van der Waals surface area (Å²) in [4.78, 5) is 6.46. The molecule has 0 amide bonds. The van der Waals surface area contributed by atoms with E-state index < -0.39 is 0 Å². The molecule has 2 heteroatoms. The van der Waals surface area contributed by atoms with Gasteiger partial charge in [0.15, 0.2) is 0 Å². The van der Waals surface area contributed by atoms with E-state index in [1.165, 1.54) is 21.9 Å². The Morgan fingerprint density at radius 3 is 2.56 bits per heavy atom. The van der Waals surface area contributed by atoms with E-state index >= 15 is 0 Å². The van der Waals surface area contributed by atoms with Crippen LogP contribution in [0.25, 0.3) is 16.8 Å². The molecule has 0 saturated heterocycles. The standard InChI is InChI=1S/C14H14BrN/c1-9-10(2)16-11(3)13-6-4-5-12(7-8-15)14(9)13/h4-8H,1-3H3/b8-7+. The third kappa shape index (κ3) is 1.78. The van der Waals surface area contributed by atoms with Gasteiger partial charge < -0.3 is 0 Å². The largest absolute Gasteiger partial charge is 0.258 e. The van der Waals surface area contributed by atoms with Gasteiger partial charge in [-0.15, -0.1) is 0 Å². The van der Waals surface area contributed by atoms with Crippen LogP contribution in [0.3, 0.4) is 0 Å². The first kappa shape index (κ1) is 11.3. The minimum Gasteiger partial charge on any atom is -0.258 e. The zero-order valence-electron chi connectivity index (χ0n) is 9.71. The van der Waals surface area contributed by atoms with E-state index in [-0.39, 0.29) is 0 Å². The highest BCUT2D eigenvalue weighted by Crippen LogP contribution is 2.27. The van der Waals surface area contributed by atoms with Crippen molar-refractivity contribution in [1.29, 1.82) is 0 Å². The first-order valence-corrected chi connectivity index (χ1v) is 6.20. The highest BCUT2D eigenvalue weighted by atomic mass is 79.9. The molecule has 0 aliphatic rings. The van der Waals surface area contributed by atoms with Crippen LogP contribution in [0, 0.1) is 20.8 Å². The first-order valence-electron chi connectivity index (χ1n) is 5.28. The molecule has 0 spiro atoms. The van der Waals surface area contributed by atoms with E-state index in [1.54, 1.807) is 0 Å². The van der Waals surface area contributed by atoms with Gasteiger partial charge in [0.05, 0.1) is 0 Å². The zero-order valence-corrected chi connectivity index (χ0v) is 11.3. The summed E-state index contributed by atoms with van der Waals surface area (Å²) in [5.74, 6) is 0. The van der Waals surface area contributed by atoms with E-state index in [4.69, 9.17) is 0 Å². The Morgan fingerprint density at radius 1 is 1.12 bits per heavy atom. The van der Waals surface area contributed by atoms with Gasteiger partial charge in [0.25, 0.3) is 0 Å². The Hall–Kier alpha value is -1.15. The quantitative estimate of drug-likeness (QED) is 0.746. The van der Waals surface area contributed by atoms with Crippen molar-refractivity contribution < 1.29 is 0 Å². The molecule has 0 N–H and O–H groups in total. The number of rotatable bonds is 1. The summed E-state index contributed by atoms with van der Waals surface area (Å²) in [5, 5.41) is 2.55. The average molecular weight is 276 g/mol. The van der Waals surface area contributed by atoms with Crippen molar-refractivity contribution in [3.05, 3.63) is 45.7 Å². The maximum atomic E-state index is 4.57. The highest BCUT2D eigenvalue weighted by Gasteiger charge is 2.07. The maximum absolute atomic E-state index is 4.57. The maximum Gasteiger partial charge on any atom is 0.0454 e. The number of fused-ring (bicyclic) bond motifs is 1. The van der Waals surface area contributed by atoms with E-state index in [0.717, 1.165) is 11.4 Å². The van der Waals surface area contributed by atoms with Crippen molar-refractivity contribution in [2.75, 3.05) is 0 Å². The molecule has 0 fully saturated rings. The predicted molar refractivity (Wildman–Crippen MR) is 73.9 cm³/mol. The van der Waals surface area contributed by atoms with Crippen LogP contribution >= 0.6 is 15.9 Å². The van der Waals surface area contributed by atoms with Gasteiger partial charge in [-0.05, 0) is 48.3 Å². The summed E-state index contributed by atoms with van der Waals surface area (Å²) in [7, 11) is 0. The lowest BCUT2D eigenvalue weighted by molar-refractivity contribution is 1.12. The molecule has 2 aromatic rings. The van der Waals surface area contributed by atoms with Gasteiger partial charge in [-0.1, -0.05) is 34.1 Å². The Morgan fingerprint density at radius 2 is 1.88 bits per heavy atom. The van der Waals surface area contributed by atoms with Gasteiger partial charge in [0, 0.05) is 16.8 Å². The van der Waals surface area contributed by atoms with E-state index in [1.807, 2.05) is 4.99 Å². The molecule has 0 aliphatic carbocycles. The van der Waals surface area contributed by atoms with E-state index in [0.29, 0.717) is 0 Å². The molecule has 0 radical (unpaired) electrons. The molecule has 1 heterocycles. The summed E-state index contributed by atoms with van der Waals surface area (Å²) >= 11 is 3.34. The van der Waals surface area contributed by atoms with Crippen LogP contribution in [-0.4, -0.2) is 4.98 Å². The Labute approximate surface area is 104 Å². The molecular weight excluding hydrogens is 262 g/mol. The fourth-order valence-corrected chi connectivity index (χ4v) is 2.36. The van der Waals surface area contributed by atoms with Gasteiger partial charge in [-0.2, -0.15) is 0 Å². The number of hydrogen-bond donors (Lipinski definition) is 0. The summed E-state index contributed by atoms with van der Waals surface area (Å²) in [5.41, 5.74) is 4.71. The van der Waals surface area contributed by atoms with Crippen LogP contribution in [0.2, 0.25) is 0 Å². The monoisotopic (exact) mass is 275 g/mol. The SMILES string of the molecule is Cc1nc(C)c2cccc(/C=C/Br)c2c1C. The average Bonchev–Trinajstić information content (AvgIpc) is 2.26. The lowest BCUT2D eigenvalue weighted by atomic mass is 9.98. The highest BCUT2D eigenvalue weighted by molar-refractivity contribution is 9.11. The molecule has 0 aliphatic heterocycles. The fourth-order valence-electron chi connectivity index (χ4n) is 2.07. The second kappa shape index (κ2) is 4.38. The third-order valence-corrected chi connectivity index (χ3v) is 3.25. The minimum atomic E-state index is 1.10. The first-order chi connectivity index (χ1) is 7.65. The lowest BCUT2D eigenvalue weighted by Crippen LogP contribution is -1.94. The van der Waals surface area contributed by atoms with Gasteiger partial charge in [0.1, 0.15) is 0 Å².